The number of nitrogens with two attached hydrogens (primary N) is 1. The third-order valence-electron chi connectivity index (χ3n) is 6.24. The molecule has 132 valence electrons. The van der Waals surface area contributed by atoms with Crippen LogP contribution in [0.3, 0.4) is 0 Å². The third kappa shape index (κ3) is 3.06. The number of benzene rings is 1. The predicted octanol–water partition coefficient (Wildman–Crippen LogP) is 3.30. The second kappa shape index (κ2) is 6.64. The van der Waals surface area contributed by atoms with E-state index in [0.717, 1.165) is 31.2 Å². The second-order valence-corrected chi connectivity index (χ2v) is 7.77. The Morgan fingerprint density at radius 2 is 1.88 bits per heavy atom. The first-order valence-corrected chi connectivity index (χ1v) is 8.91. The maximum atomic E-state index is 13.5. The standard InChI is InChI=1S/C19H25FN2O.ClH/c20-15-6-2-5-14(11-15)19(7-8-19)18(23)22-17-12-3-1-4-13(17)10-16(21)9-12;/h2,5-6,11-13,16-17H,1,3-4,7-10,21H2,(H,22,23);1H. The zero-order valence-corrected chi connectivity index (χ0v) is 14.7. The molecule has 2 atom stereocenters. The first-order chi connectivity index (χ1) is 11.1. The summed E-state index contributed by atoms with van der Waals surface area (Å²) in [5, 5.41) is 3.35. The van der Waals surface area contributed by atoms with E-state index in [1.807, 2.05) is 6.07 Å². The molecule has 1 aromatic rings. The number of nitrogens with one attached hydrogen (secondary N) is 1. The Morgan fingerprint density at radius 1 is 1.21 bits per heavy atom. The van der Waals surface area contributed by atoms with E-state index in [1.165, 1.54) is 31.4 Å². The van der Waals surface area contributed by atoms with Gasteiger partial charge in [-0.25, -0.2) is 4.39 Å². The molecule has 3 aliphatic carbocycles. The summed E-state index contributed by atoms with van der Waals surface area (Å²) in [4.78, 5) is 13.0. The third-order valence-corrected chi connectivity index (χ3v) is 6.24. The first-order valence-electron chi connectivity index (χ1n) is 8.91. The highest BCUT2D eigenvalue weighted by atomic mass is 35.5. The molecule has 0 radical (unpaired) electrons. The first kappa shape index (κ1) is 17.7. The highest BCUT2D eigenvalue weighted by Crippen LogP contribution is 2.49. The second-order valence-electron chi connectivity index (χ2n) is 7.77. The lowest BCUT2D eigenvalue weighted by molar-refractivity contribution is -0.126. The SMILES string of the molecule is Cl.NC1CC2CCCC(C1)C2NC(=O)C1(c2cccc(F)c2)CC1. The van der Waals surface area contributed by atoms with E-state index in [2.05, 4.69) is 5.32 Å². The van der Waals surface area contributed by atoms with Crippen molar-refractivity contribution in [2.24, 2.45) is 17.6 Å². The van der Waals surface area contributed by atoms with Crippen molar-refractivity contribution in [1.29, 1.82) is 0 Å². The topological polar surface area (TPSA) is 55.1 Å². The van der Waals surface area contributed by atoms with Gasteiger partial charge in [-0.05, 0) is 68.1 Å². The zero-order chi connectivity index (χ0) is 16.0. The maximum Gasteiger partial charge on any atom is 0.230 e. The Balaban J connectivity index is 0.00000169. The Bertz CT molecular complexity index is 605. The van der Waals surface area contributed by atoms with Gasteiger partial charge in [0.15, 0.2) is 0 Å². The number of hydrogen-bond acceptors (Lipinski definition) is 2. The summed E-state index contributed by atoms with van der Waals surface area (Å²) in [7, 11) is 0. The summed E-state index contributed by atoms with van der Waals surface area (Å²) >= 11 is 0. The number of rotatable bonds is 3. The molecule has 0 saturated heterocycles. The number of fused-ring (bicyclic) bond motifs is 2. The minimum atomic E-state index is -0.490. The van der Waals surface area contributed by atoms with Crippen molar-refractivity contribution < 1.29 is 9.18 Å². The molecule has 24 heavy (non-hydrogen) atoms. The van der Waals surface area contributed by atoms with E-state index < -0.39 is 5.41 Å². The molecule has 0 spiro atoms. The summed E-state index contributed by atoms with van der Waals surface area (Å²) in [6.07, 6.45) is 7.28. The quantitative estimate of drug-likeness (QED) is 0.877. The van der Waals surface area contributed by atoms with Gasteiger partial charge in [0.1, 0.15) is 5.82 Å². The lowest BCUT2D eigenvalue weighted by atomic mass is 9.67. The van der Waals surface area contributed by atoms with Gasteiger partial charge in [-0.15, -0.1) is 12.4 Å². The fraction of sp³-hybridized carbons (Fsp3) is 0.632. The molecule has 3 aliphatic rings. The van der Waals surface area contributed by atoms with E-state index in [4.69, 9.17) is 5.73 Å². The zero-order valence-electron chi connectivity index (χ0n) is 13.8. The van der Waals surface area contributed by atoms with Crippen molar-refractivity contribution >= 4 is 18.3 Å². The van der Waals surface area contributed by atoms with Crippen LogP contribution in [0.4, 0.5) is 4.39 Å². The van der Waals surface area contributed by atoms with Crippen molar-refractivity contribution in [3.05, 3.63) is 35.6 Å². The Labute approximate surface area is 149 Å². The fourth-order valence-corrected chi connectivity index (χ4v) is 4.87. The van der Waals surface area contributed by atoms with Crippen molar-refractivity contribution in [1.82, 2.24) is 5.32 Å². The van der Waals surface area contributed by atoms with E-state index in [-0.39, 0.29) is 36.2 Å². The number of hydrogen-bond donors (Lipinski definition) is 2. The molecule has 5 heteroatoms. The fourth-order valence-electron chi connectivity index (χ4n) is 4.87. The molecular formula is C19H26ClFN2O. The van der Waals surface area contributed by atoms with Gasteiger partial charge < -0.3 is 11.1 Å². The van der Waals surface area contributed by atoms with Gasteiger partial charge in [-0.2, -0.15) is 0 Å². The summed E-state index contributed by atoms with van der Waals surface area (Å²) < 4.78 is 13.5. The van der Waals surface area contributed by atoms with E-state index in [0.29, 0.717) is 11.8 Å². The Kier molecular flexibility index (Phi) is 4.89. The van der Waals surface area contributed by atoms with Gasteiger partial charge in [-0.3, -0.25) is 4.79 Å². The molecule has 2 bridgehead atoms. The van der Waals surface area contributed by atoms with Crippen LogP contribution in [0.25, 0.3) is 0 Å². The van der Waals surface area contributed by atoms with Gasteiger partial charge in [0, 0.05) is 12.1 Å². The van der Waals surface area contributed by atoms with Crippen molar-refractivity contribution in [3.8, 4) is 0 Å². The van der Waals surface area contributed by atoms with Crippen LogP contribution in [0.5, 0.6) is 0 Å². The van der Waals surface area contributed by atoms with Gasteiger partial charge in [0.2, 0.25) is 5.91 Å². The van der Waals surface area contributed by atoms with Crippen LogP contribution in [0.1, 0.15) is 50.5 Å². The van der Waals surface area contributed by atoms with Crippen LogP contribution in [0.2, 0.25) is 0 Å². The molecule has 0 aromatic heterocycles. The lowest BCUT2D eigenvalue weighted by Gasteiger charge is -2.45. The summed E-state index contributed by atoms with van der Waals surface area (Å²) in [5.41, 5.74) is 6.51. The monoisotopic (exact) mass is 352 g/mol. The molecule has 2 unspecified atom stereocenters. The largest absolute Gasteiger partial charge is 0.352 e. The number of carbonyl (C=O) groups is 1. The normalized spacial score (nSPS) is 33.2. The maximum absolute atomic E-state index is 13.5. The Morgan fingerprint density at radius 3 is 2.46 bits per heavy atom. The molecule has 3 saturated carbocycles. The number of amides is 1. The summed E-state index contributed by atoms with van der Waals surface area (Å²) in [6.45, 7) is 0. The summed E-state index contributed by atoms with van der Waals surface area (Å²) in [5.74, 6) is 0.872. The highest BCUT2D eigenvalue weighted by molar-refractivity contribution is 5.91. The van der Waals surface area contributed by atoms with E-state index in [9.17, 15) is 9.18 Å². The van der Waals surface area contributed by atoms with Gasteiger partial charge >= 0.3 is 0 Å². The molecule has 3 N–H and O–H groups in total. The van der Waals surface area contributed by atoms with Crippen molar-refractivity contribution in [2.75, 3.05) is 0 Å². The van der Waals surface area contributed by atoms with Crippen LogP contribution in [-0.4, -0.2) is 18.0 Å². The molecular weight excluding hydrogens is 327 g/mol. The summed E-state index contributed by atoms with van der Waals surface area (Å²) in [6, 6.07) is 7.09. The van der Waals surface area contributed by atoms with Crippen molar-refractivity contribution in [3.63, 3.8) is 0 Å². The smallest absolute Gasteiger partial charge is 0.230 e. The molecule has 0 aliphatic heterocycles. The number of halogens is 2. The Hall–Kier alpha value is -1.13. The molecule has 3 fully saturated rings. The average molecular weight is 353 g/mol. The molecule has 1 amide bonds. The van der Waals surface area contributed by atoms with Gasteiger partial charge in [0.05, 0.1) is 5.41 Å². The lowest BCUT2D eigenvalue weighted by Crippen LogP contribution is -2.55. The van der Waals surface area contributed by atoms with Crippen LogP contribution < -0.4 is 11.1 Å². The molecule has 0 heterocycles. The molecule has 3 nitrogen and oxygen atoms in total. The minimum Gasteiger partial charge on any atom is -0.352 e. The van der Waals surface area contributed by atoms with Crippen molar-refractivity contribution in [2.45, 2.75) is 62.4 Å². The van der Waals surface area contributed by atoms with Gasteiger partial charge in [0.25, 0.3) is 0 Å². The van der Waals surface area contributed by atoms with Crippen LogP contribution in [0, 0.1) is 17.7 Å². The van der Waals surface area contributed by atoms with Crippen LogP contribution in [-0.2, 0) is 10.2 Å². The average Bonchev–Trinajstić information content (AvgIpc) is 3.30. The van der Waals surface area contributed by atoms with E-state index in [1.54, 1.807) is 6.07 Å². The van der Waals surface area contributed by atoms with Crippen LogP contribution in [0.15, 0.2) is 24.3 Å². The predicted molar refractivity (Wildman–Crippen MR) is 94.5 cm³/mol. The highest BCUT2D eigenvalue weighted by Gasteiger charge is 2.53. The van der Waals surface area contributed by atoms with Gasteiger partial charge in [-0.1, -0.05) is 18.6 Å². The van der Waals surface area contributed by atoms with Crippen LogP contribution >= 0.6 is 12.4 Å². The molecule has 4 rings (SSSR count). The number of carbonyl (C=O) groups excluding carboxylic acids is 1. The minimum absolute atomic E-state index is 0. The van der Waals surface area contributed by atoms with E-state index >= 15 is 0 Å². The molecule has 1 aromatic carbocycles.